The van der Waals surface area contributed by atoms with Gasteiger partial charge in [0.2, 0.25) is 0 Å². The zero-order valence-electron chi connectivity index (χ0n) is 10.5. The molecule has 0 aromatic rings. The van der Waals surface area contributed by atoms with Gasteiger partial charge in [-0.1, -0.05) is 0 Å². The molecule has 0 amide bonds. The second-order valence-electron chi connectivity index (χ2n) is 3.48. The lowest BCUT2D eigenvalue weighted by Gasteiger charge is -2.18. The van der Waals surface area contributed by atoms with E-state index in [2.05, 4.69) is 6.07 Å². The topological polar surface area (TPSA) is 93.1 Å². The first-order valence-electron chi connectivity index (χ1n) is 5.83. The van der Waals surface area contributed by atoms with E-state index < -0.39 is 0 Å². The lowest BCUT2D eigenvalue weighted by Crippen LogP contribution is -2.31. The van der Waals surface area contributed by atoms with Crippen molar-refractivity contribution in [3.05, 3.63) is 0 Å². The van der Waals surface area contributed by atoms with Crippen molar-refractivity contribution in [2.24, 2.45) is 0 Å². The molecule has 0 heterocycles. The Morgan fingerprint density at radius 1 is 0.722 bits per heavy atom. The molecule has 0 aliphatic heterocycles. The van der Waals surface area contributed by atoms with Crippen LogP contribution in [0.1, 0.15) is 12.8 Å². The third kappa shape index (κ3) is 10.9. The predicted octanol–water partition coefficient (Wildman–Crippen LogP) is 0.673. The van der Waals surface area contributed by atoms with E-state index in [0.717, 1.165) is 0 Å². The van der Waals surface area contributed by atoms with Crippen LogP contribution in [0.2, 0.25) is 0 Å². The molecular weight excluding hydrogens is 232 g/mol. The van der Waals surface area contributed by atoms with Crippen molar-refractivity contribution in [3.63, 3.8) is 0 Å². The molecule has 0 aromatic heterocycles. The van der Waals surface area contributed by atoms with Crippen LogP contribution in [0.4, 0.5) is 0 Å². The molecule has 0 radical (unpaired) electrons. The van der Waals surface area contributed by atoms with Crippen LogP contribution in [0.15, 0.2) is 0 Å². The van der Waals surface area contributed by atoms with Gasteiger partial charge >= 0.3 is 0 Å². The Hall–Kier alpha value is -1.65. The average molecular weight is 250 g/mol. The van der Waals surface area contributed by atoms with E-state index in [4.69, 9.17) is 25.3 Å². The summed E-state index contributed by atoms with van der Waals surface area (Å²) in [6.07, 6.45) is 0.769. The van der Waals surface area contributed by atoms with E-state index in [9.17, 15) is 0 Å². The van der Waals surface area contributed by atoms with E-state index in [1.807, 2.05) is 17.0 Å². The minimum atomic E-state index is 0.323. The van der Waals surface area contributed by atoms with Gasteiger partial charge in [-0.25, -0.2) is 0 Å². The molecule has 0 aromatic carbocycles. The van der Waals surface area contributed by atoms with Crippen LogP contribution >= 0.6 is 0 Å². The van der Waals surface area contributed by atoms with E-state index in [1.54, 1.807) is 0 Å². The second kappa shape index (κ2) is 13.4. The maximum Gasteiger partial charge on any atom is 0.0867 e. The van der Waals surface area contributed by atoms with Crippen LogP contribution < -0.4 is 0 Å². The molecule has 0 N–H and O–H groups in total. The number of hydrogen-bond donors (Lipinski definition) is 0. The average Bonchev–Trinajstić information content (AvgIpc) is 2.38. The van der Waals surface area contributed by atoms with Gasteiger partial charge in [-0.3, -0.25) is 4.90 Å². The molecule has 0 atom stereocenters. The lowest BCUT2D eigenvalue weighted by molar-refractivity contribution is 0.0831. The van der Waals surface area contributed by atoms with E-state index in [1.165, 1.54) is 0 Å². The predicted molar refractivity (Wildman–Crippen MR) is 64.2 cm³/mol. The summed E-state index contributed by atoms with van der Waals surface area (Å²) < 4.78 is 10.5. The van der Waals surface area contributed by atoms with E-state index >= 15 is 0 Å². The Kier molecular flexibility index (Phi) is 12.2. The van der Waals surface area contributed by atoms with E-state index in [0.29, 0.717) is 58.9 Å². The molecule has 0 saturated heterocycles. The van der Waals surface area contributed by atoms with Crippen molar-refractivity contribution in [2.75, 3.05) is 46.1 Å². The molecule has 98 valence electrons. The third-order valence-electron chi connectivity index (χ3n) is 2.11. The highest BCUT2D eigenvalue weighted by Gasteiger charge is 2.03. The van der Waals surface area contributed by atoms with Crippen LogP contribution in [0.25, 0.3) is 0 Å². The minimum absolute atomic E-state index is 0.323. The summed E-state index contributed by atoms with van der Waals surface area (Å²) in [6.45, 7) is 3.46. The van der Waals surface area contributed by atoms with Gasteiger partial charge in [-0.15, -0.1) is 0 Å². The summed E-state index contributed by atoms with van der Waals surface area (Å²) in [7, 11) is 0. The maximum atomic E-state index is 8.66. The van der Waals surface area contributed by atoms with Gasteiger partial charge in [0.1, 0.15) is 0 Å². The maximum absolute atomic E-state index is 8.66. The Balaban J connectivity index is 3.57. The van der Waals surface area contributed by atoms with Crippen molar-refractivity contribution in [1.82, 2.24) is 4.90 Å². The second-order valence-corrected chi connectivity index (χ2v) is 3.48. The van der Waals surface area contributed by atoms with Gasteiger partial charge < -0.3 is 9.47 Å². The van der Waals surface area contributed by atoms with Crippen molar-refractivity contribution >= 4 is 0 Å². The number of rotatable bonds is 11. The molecule has 0 fully saturated rings. The third-order valence-corrected chi connectivity index (χ3v) is 2.11. The first-order valence-corrected chi connectivity index (χ1v) is 5.83. The van der Waals surface area contributed by atoms with Crippen LogP contribution in [-0.2, 0) is 9.47 Å². The van der Waals surface area contributed by atoms with E-state index in [-0.39, 0.29) is 0 Å². The monoisotopic (exact) mass is 250 g/mol. The Bertz CT molecular complexity index is 290. The van der Waals surface area contributed by atoms with Crippen LogP contribution in [-0.4, -0.2) is 51.0 Å². The lowest BCUT2D eigenvalue weighted by atomic mass is 10.4. The molecule has 0 saturated carbocycles. The summed E-state index contributed by atoms with van der Waals surface area (Å²) in [4.78, 5) is 1.92. The Labute approximate surface area is 108 Å². The zero-order valence-corrected chi connectivity index (χ0v) is 10.5. The number of hydrogen-bond acceptors (Lipinski definition) is 6. The molecule has 6 nitrogen and oxygen atoms in total. The van der Waals surface area contributed by atoms with Gasteiger partial charge in [-0.05, 0) is 0 Å². The summed E-state index contributed by atoms with van der Waals surface area (Å²) in [5.74, 6) is 0. The standard InChI is InChI=1S/C12H18N4O2/c13-3-1-9-17-11-7-16(6-5-15)8-12-18-10-2-4-14/h1-2,6-12H2. The Morgan fingerprint density at radius 2 is 1.22 bits per heavy atom. The highest BCUT2D eigenvalue weighted by molar-refractivity contribution is 4.76. The summed E-state index contributed by atoms with van der Waals surface area (Å²) >= 11 is 0. The van der Waals surface area contributed by atoms with Crippen molar-refractivity contribution in [2.45, 2.75) is 12.8 Å². The summed E-state index contributed by atoms with van der Waals surface area (Å²) in [5, 5.41) is 25.3. The highest BCUT2D eigenvalue weighted by Crippen LogP contribution is 1.91. The molecule has 0 spiro atoms. The highest BCUT2D eigenvalue weighted by atomic mass is 16.5. The van der Waals surface area contributed by atoms with Crippen LogP contribution in [0.3, 0.4) is 0 Å². The first kappa shape index (κ1) is 16.4. The quantitative estimate of drug-likeness (QED) is 0.395. The molecule has 0 unspecified atom stereocenters. The van der Waals surface area contributed by atoms with Gasteiger partial charge in [0.25, 0.3) is 0 Å². The van der Waals surface area contributed by atoms with Gasteiger partial charge in [-0.2, -0.15) is 15.8 Å². The summed E-state index contributed by atoms with van der Waals surface area (Å²) in [5.41, 5.74) is 0. The molecule has 18 heavy (non-hydrogen) atoms. The number of nitrogens with zero attached hydrogens (tertiary/aromatic N) is 4. The molecular formula is C12H18N4O2. The fraction of sp³-hybridized carbons (Fsp3) is 0.750. The van der Waals surface area contributed by atoms with Gasteiger partial charge in [0.05, 0.1) is 64.0 Å². The van der Waals surface area contributed by atoms with Crippen molar-refractivity contribution < 1.29 is 9.47 Å². The fourth-order valence-corrected chi connectivity index (χ4v) is 1.20. The van der Waals surface area contributed by atoms with Gasteiger partial charge in [0.15, 0.2) is 0 Å². The number of nitriles is 3. The molecule has 6 heteroatoms. The SMILES string of the molecule is N#CCCOCCN(CC#N)CCOCCC#N. The normalized spacial score (nSPS) is 9.67. The van der Waals surface area contributed by atoms with Gasteiger partial charge in [0, 0.05) is 13.1 Å². The molecule has 0 aliphatic carbocycles. The smallest absolute Gasteiger partial charge is 0.0867 e. The fourth-order valence-electron chi connectivity index (χ4n) is 1.20. The zero-order chi connectivity index (χ0) is 13.5. The largest absolute Gasteiger partial charge is 0.379 e. The molecule has 0 bridgehead atoms. The minimum Gasteiger partial charge on any atom is -0.379 e. The van der Waals surface area contributed by atoms with Crippen molar-refractivity contribution in [3.8, 4) is 18.2 Å². The molecule has 0 aliphatic rings. The first-order chi connectivity index (χ1) is 8.85. The Morgan fingerprint density at radius 3 is 1.61 bits per heavy atom. The number of ether oxygens (including phenoxy) is 2. The van der Waals surface area contributed by atoms with Crippen LogP contribution in [0, 0.1) is 34.0 Å². The van der Waals surface area contributed by atoms with Crippen LogP contribution in [0.5, 0.6) is 0 Å². The van der Waals surface area contributed by atoms with Crippen molar-refractivity contribution in [1.29, 1.82) is 15.8 Å². The summed E-state index contributed by atoms with van der Waals surface area (Å²) in [6, 6.07) is 6.08. The molecule has 0 rings (SSSR count).